The average molecular weight is 410 g/mol. The van der Waals surface area contributed by atoms with Crippen molar-refractivity contribution < 1.29 is 28.7 Å². The van der Waals surface area contributed by atoms with Crippen molar-refractivity contribution in [2.45, 2.75) is 6.54 Å². The molecular formula is C20H18N4O6. The molecule has 4 N–H and O–H groups in total. The molecule has 1 aliphatic rings. The number of esters is 1. The third kappa shape index (κ3) is 4.43. The zero-order chi connectivity index (χ0) is 21.8. The molecule has 154 valence electrons. The van der Waals surface area contributed by atoms with Crippen LogP contribution in [0.2, 0.25) is 0 Å². The number of ether oxygens (including phenoxy) is 1. The van der Waals surface area contributed by atoms with Crippen LogP contribution in [0.25, 0.3) is 0 Å². The van der Waals surface area contributed by atoms with Gasteiger partial charge in [0, 0.05) is 19.3 Å². The molecule has 3 rings (SSSR count). The number of carbonyl (C=O) groups is 5. The molecule has 0 unspecified atom stereocenters. The van der Waals surface area contributed by atoms with Gasteiger partial charge in [-0.05, 0) is 35.9 Å². The summed E-state index contributed by atoms with van der Waals surface area (Å²) in [5, 5.41) is 4.94. The van der Waals surface area contributed by atoms with Gasteiger partial charge in [-0.15, -0.1) is 0 Å². The molecule has 0 aromatic heterocycles. The van der Waals surface area contributed by atoms with Crippen LogP contribution in [0.1, 0.15) is 36.6 Å². The zero-order valence-electron chi connectivity index (χ0n) is 15.9. The van der Waals surface area contributed by atoms with Gasteiger partial charge in [-0.3, -0.25) is 19.3 Å². The summed E-state index contributed by atoms with van der Waals surface area (Å²) < 4.78 is 4.98. The molecule has 1 heterocycles. The van der Waals surface area contributed by atoms with Crippen molar-refractivity contribution in [2.75, 3.05) is 19.0 Å². The number of primary amides is 1. The van der Waals surface area contributed by atoms with Gasteiger partial charge in [0.25, 0.3) is 17.7 Å². The number of anilines is 1. The monoisotopic (exact) mass is 410 g/mol. The van der Waals surface area contributed by atoms with E-state index in [4.69, 9.17) is 10.5 Å². The van der Waals surface area contributed by atoms with E-state index in [9.17, 15) is 24.0 Å². The highest BCUT2D eigenvalue weighted by Gasteiger charge is 2.32. The van der Waals surface area contributed by atoms with Crippen LogP contribution in [0, 0.1) is 0 Å². The number of benzene rings is 2. The van der Waals surface area contributed by atoms with Gasteiger partial charge in [0.2, 0.25) is 0 Å². The maximum Gasteiger partial charge on any atom is 0.338 e. The van der Waals surface area contributed by atoms with E-state index in [1.165, 1.54) is 37.4 Å². The Kier molecular flexibility index (Phi) is 5.77. The van der Waals surface area contributed by atoms with Gasteiger partial charge in [-0.1, -0.05) is 12.1 Å². The maximum absolute atomic E-state index is 12.1. The fourth-order valence-electron chi connectivity index (χ4n) is 2.80. The summed E-state index contributed by atoms with van der Waals surface area (Å²) >= 11 is 0. The molecule has 0 saturated heterocycles. The van der Waals surface area contributed by atoms with Crippen LogP contribution in [0.5, 0.6) is 0 Å². The van der Waals surface area contributed by atoms with Gasteiger partial charge in [0.15, 0.2) is 6.61 Å². The number of imide groups is 1. The third-order valence-corrected chi connectivity index (χ3v) is 4.36. The van der Waals surface area contributed by atoms with E-state index in [-0.39, 0.29) is 23.2 Å². The summed E-state index contributed by atoms with van der Waals surface area (Å²) in [6, 6.07) is 9.92. The number of hydrogen-bond donors (Lipinski definition) is 3. The van der Waals surface area contributed by atoms with E-state index in [1.807, 2.05) is 0 Å². The molecule has 2 aromatic carbocycles. The summed E-state index contributed by atoms with van der Waals surface area (Å²) in [5.74, 6) is -2.16. The Morgan fingerprint density at radius 3 is 2.33 bits per heavy atom. The van der Waals surface area contributed by atoms with E-state index >= 15 is 0 Å². The predicted molar refractivity (Wildman–Crippen MR) is 105 cm³/mol. The molecule has 0 spiro atoms. The topological polar surface area (TPSA) is 148 Å². The third-order valence-electron chi connectivity index (χ3n) is 4.36. The van der Waals surface area contributed by atoms with Crippen molar-refractivity contribution in [3.8, 4) is 0 Å². The molecular weight excluding hydrogens is 392 g/mol. The molecule has 0 fully saturated rings. The zero-order valence-corrected chi connectivity index (χ0v) is 15.9. The van der Waals surface area contributed by atoms with Crippen LogP contribution < -0.4 is 16.4 Å². The molecule has 0 saturated carbocycles. The highest BCUT2D eigenvalue weighted by Crippen LogP contribution is 2.24. The summed E-state index contributed by atoms with van der Waals surface area (Å²) in [4.78, 5) is 59.7. The van der Waals surface area contributed by atoms with Crippen molar-refractivity contribution in [1.29, 1.82) is 0 Å². The van der Waals surface area contributed by atoms with Crippen molar-refractivity contribution in [3.63, 3.8) is 0 Å². The lowest BCUT2D eigenvalue weighted by atomic mass is 10.1. The number of carbonyl (C=O) groups excluding carboxylic acids is 5. The first kappa shape index (κ1) is 20.5. The highest BCUT2D eigenvalue weighted by molar-refractivity contribution is 6.21. The van der Waals surface area contributed by atoms with Crippen molar-refractivity contribution >= 4 is 35.4 Å². The van der Waals surface area contributed by atoms with E-state index in [1.54, 1.807) is 12.1 Å². The predicted octanol–water partition coefficient (Wildman–Crippen LogP) is 0.876. The number of hydrogen-bond acceptors (Lipinski definition) is 6. The SMILES string of the molecule is CN1C(=O)c2ccc(NC(=O)COC(=O)c3ccc(CNC(N)=O)cc3)cc2C1=O. The molecule has 1 aliphatic heterocycles. The van der Waals surface area contributed by atoms with E-state index in [0.29, 0.717) is 5.69 Å². The standard InChI is InChI=1S/C20H18N4O6/c1-24-17(26)14-7-6-13(8-15(14)18(24)27)23-16(25)10-30-19(28)12-4-2-11(3-5-12)9-22-20(21)29/h2-8H,9-10H2,1H3,(H,23,25)(H3,21,22,29). The van der Waals surface area contributed by atoms with Crippen LogP contribution in [0.3, 0.4) is 0 Å². The molecule has 0 radical (unpaired) electrons. The van der Waals surface area contributed by atoms with E-state index in [0.717, 1.165) is 10.5 Å². The molecule has 0 bridgehead atoms. The number of nitrogens with one attached hydrogen (secondary N) is 2. The van der Waals surface area contributed by atoms with E-state index in [2.05, 4.69) is 10.6 Å². The first-order valence-electron chi connectivity index (χ1n) is 8.82. The van der Waals surface area contributed by atoms with Gasteiger partial charge in [-0.25, -0.2) is 9.59 Å². The van der Waals surface area contributed by atoms with E-state index < -0.39 is 36.3 Å². The van der Waals surface area contributed by atoms with Gasteiger partial charge < -0.3 is 21.1 Å². The Bertz CT molecular complexity index is 1050. The summed E-state index contributed by atoms with van der Waals surface area (Å²) in [7, 11) is 1.38. The number of nitrogens with zero attached hydrogens (tertiary/aromatic N) is 1. The first-order chi connectivity index (χ1) is 14.3. The molecule has 10 nitrogen and oxygen atoms in total. The average Bonchev–Trinajstić information content (AvgIpc) is 2.94. The quantitative estimate of drug-likeness (QED) is 0.475. The summed E-state index contributed by atoms with van der Waals surface area (Å²) in [6.07, 6.45) is 0. The summed E-state index contributed by atoms with van der Waals surface area (Å²) in [6.45, 7) is -0.314. The number of fused-ring (bicyclic) bond motifs is 1. The van der Waals surface area contributed by atoms with Crippen molar-refractivity contribution in [1.82, 2.24) is 10.2 Å². The second-order valence-electron chi connectivity index (χ2n) is 6.47. The Morgan fingerprint density at radius 2 is 1.67 bits per heavy atom. The molecule has 0 atom stereocenters. The van der Waals surface area contributed by atoms with Crippen LogP contribution in [0.15, 0.2) is 42.5 Å². The number of rotatable bonds is 6. The minimum absolute atomic E-state index is 0.197. The number of nitrogens with two attached hydrogens (primary N) is 1. The largest absolute Gasteiger partial charge is 0.452 e. The minimum atomic E-state index is -0.698. The fourth-order valence-corrected chi connectivity index (χ4v) is 2.80. The lowest BCUT2D eigenvalue weighted by Crippen LogP contribution is -2.28. The Morgan fingerprint density at radius 1 is 1.00 bits per heavy atom. The van der Waals surface area contributed by atoms with Gasteiger partial charge in [-0.2, -0.15) is 0 Å². The van der Waals surface area contributed by atoms with Gasteiger partial charge >= 0.3 is 12.0 Å². The van der Waals surface area contributed by atoms with Crippen LogP contribution in [-0.4, -0.2) is 48.3 Å². The van der Waals surface area contributed by atoms with Crippen LogP contribution >= 0.6 is 0 Å². The Balaban J connectivity index is 1.54. The number of urea groups is 1. The second kappa shape index (κ2) is 8.43. The number of amides is 5. The Hall–Kier alpha value is -4.21. The molecule has 30 heavy (non-hydrogen) atoms. The minimum Gasteiger partial charge on any atom is -0.452 e. The Labute approximate surface area is 171 Å². The van der Waals surface area contributed by atoms with Gasteiger partial charge in [0.1, 0.15) is 0 Å². The molecule has 2 aromatic rings. The molecule has 0 aliphatic carbocycles. The second-order valence-corrected chi connectivity index (χ2v) is 6.47. The van der Waals surface area contributed by atoms with Crippen molar-refractivity contribution in [3.05, 3.63) is 64.7 Å². The molecule has 5 amide bonds. The summed E-state index contributed by atoms with van der Waals surface area (Å²) in [5.41, 5.74) is 6.72. The van der Waals surface area contributed by atoms with Crippen molar-refractivity contribution in [2.24, 2.45) is 5.73 Å². The normalized spacial score (nSPS) is 12.4. The lowest BCUT2D eigenvalue weighted by Gasteiger charge is -2.08. The smallest absolute Gasteiger partial charge is 0.338 e. The molecule has 10 heteroatoms. The lowest BCUT2D eigenvalue weighted by molar-refractivity contribution is -0.119. The van der Waals surface area contributed by atoms with Crippen LogP contribution in [-0.2, 0) is 16.1 Å². The maximum atomic E-state index is 12.1. The fraction of sp³-hybridized carbons (Fsp3) is 0.150. The first-order valence-corrected chi connectivity index (χ1v) is 8.82. The highest BCUT2D eigenvalue weighted by atomic mass is 16.5. The van der Waals surface area contributed by atoms with Crippen LogP contribution in [0.4, 0.5) is 10.5 Å². The van der Waals surface area contributed by atoms with Gasteiger partial charge in [0.05, 0.1) is 16.7 Å².